The van der Waals surface area contributed by atoms with Gasteiger partial charge in [-0.3, -0.25) is 9.78 Å². The summed E-state index contributed by atoms with van der Waals surface area (Å²) in [6.45, 7) is 0.0677. The fourth-order valence-electron chi connectivity index (χ4n) is 3.86. The second kappa shape index (κ2) is 7.48. The zero-order valence-corrected chi connectivity index (χ0v) is 15.6. The van der Waals surface area contributed by atoms with Gasteiger partial charge in [-0.25, -0.2) is 4.79 Å². The molecule has 1 aromatic heterocycles. The first-order chi connectivity index (χ1) is 14.0. The maximum atomic E-state index is 12.9. The highest BCUT2D eigenvalue weighted by Gasteiger charge is 2.42. The Morgan fingerprint density at radius 3 is 2.10 bits per heavy atom. The Hall–Kier alpha value is -3.51. The molecule has 0 bridgehead atoms. The van der Waals surface area contributed by atoms with Crippen LogP contribution in [0.15, 0.2) is 72.9 Å². The van der Waals surface area contributed by atoms with Crippen molar-refractivity contribution in [2.24, 2.45) is 5.73 Å². The van der Waals surface area contributed by atoms with Gasteiger partial charge < -0.3 is 15.6 Å². The number of carbonyl (C=O) groups excluding carboxylic acids is 1. The first kappa shape index (κ1) is 18.8. The number of aromatic nitrogens is 1. The quantitative estimate of drug-likeness (QED) is 0.629. The van der Waals surface area contributed by atoms with Gasteiger partial charge in [0.15, 0.2) is 5.54 Å². The number of aliphatic carboxylic acids is 1. The molecule has 0 radical (unpaired) electrons. The monoisotopic (exact) mass is 388 g/mol. The zero-order valence-electron chi connectivity index (χ0n) is 15.6. The van der Waals surface area contributed by atoms with Gasteiger partial charge in [-0.15, -0.1) is 0 Å². The molecule has 1 heterocycles. The van der Waals surface area contributed by atoms with Gasteiger partial charge in [0.1, 0.15) is 6.61 Å². The largest absolute Gasteiger partial charge is 0.481 e. The maximum Gasteiger partial charge on any atom is 0.333 e. The summed E-state index contributed by atoms with van der Waals surface area (Å²) in [5.41, 5.74) is 8.89. The standard InChI is InChI=1S/C23H20N2O4/c24-23(13-21(26)27,20-11-5-6-12-25-20)22(28)29-14-19-17-9-3-1-7-15(17)16-8-2-4-10-18(16)19/h1-12,19H,13-14,24H2,(H,26,27). The van der Waals surface area contributed by atoms with Crippen LogP contribution in [-0.4, -0.2) is 28.6 Å². The van der Waals surface area contributed by atoms with Gasteiger partial charge in [0, 0.05) is 12.1 Å². The SMILES string of the molecule is NC(CC(=O)O)(C(=O)OCC1c2ccccc2-c2ccccc21)c1ccccn1. The summed E-state index contributed by atoms with van der Waals surface area (Å²) >= 11 is 0. The van der Waals surface area contributed by atoms with Crippen LogP contribution in [0.25, 0.3) is 11.1 Å². The molecule has 0 spiro atoms. The summed E-state index contributed by atoms with van der Waals surface area (Å²) in [5, 5.41) is 9.28. The number of nitrogens with two attached hydrogens (primary N) is 1. The van der Waals surface area contributed by atoms with Crippen molar-refractivity contribution < 1.29 is 19.4 Å². The van der Waals surface area contributed by atoms with Gasteiger partial charge in [-0.05, 0) is 34.4 Å². The lowest BCUT2D eigenvalue weighted by atomic mass is 9.91. The van der Waals surface area contributed by atoms with Crippen molar-refractivity contribution in [1.82, 2.24) is 4.98 Å². The molecule has 0 aliphatic heterocycles. The van der Waals surface area contributed by atoms with Crippen LogP contribution in [0, 0.1) is 0 Å². The number of ether oxygens (including phenoxy) is 1. The molecule has 4 rings (SSSR count). The molecule has 3 aromatic rings. The first-order valence-electron chi connectivity index (χ1n) is 9.28. The molecule has 1 atom stereocenters. The Labute approximate surface area is 168 Å². The van der Waals surface area contributed by atoms with E-state index in [1.807, 2.05) is 48.5 Å². The Balaban J connectivity index is 1.61. The topological polar surface area (TPSA) is 103 Å². The molecule has 6 heteroatoms. The van der Waals surface area contributed by atoms with E-state index in [2.05, 4.69) is 4.98 Å². The third-order valence-corrected chi connectivity index (χ3v) is 5.26. The Kier molecular flexibility index (Phi) is 4.86. The van der Waals surface area contributed by atoms with Crippen molar-refractivity contribution in [3.63, 3.8) is 0 Å². The smallest absolute Gasteiger partial charge is 0.333 e. The van der Waals surface area contributed by atoms with E-state index < -0.39 is 23.9 Å². The number of benzene rings is 2. The Morgan fingerprint density at radius 1 is 0.966 bits per heavy atom. The van der Waals surface area contributed by atoms with Crippen LogP contribution in [-0.2, 0) is 19.9 Å². The zero-order chi connectivity index (χ0) is 20.4. The van der Waals surface area contributed by atoms with E-state index in [9.17, 15) is 14.7 Å². The molecule has 6 nitrogen and oxygen atoms in total. The number of pyridine rings is 1. The third-order valence-electron chi connectivity index (χ3n) is 5.26. The van der Waals surface area contributed by atoms with E-state index in [1.54, 1.807) is 12.1 Å². The molecule has 146 valence electrons. The molecule has 1 aliphatic carbocycles. The fraction of sp³-hybridized carbons (Fsp3) is 0.174. The van der Waals surface area contributed by atoms with E-state index >= 15 is 0 Å². The number of hydrogen-bond donors (Lipinski definition) is 2. The fourth-order valence-corrected chi connectivity index (χ4v) is 3.86. The third kappa shape index (κ3) is 3.39. The highest BCUT2D eigenvalue weighted by molar-refractivity contribution is 5.87. The number of carbonyl (C=O) groups is 2. The lowest BCUT2D eigenvalue weighted by Gasteiger charge is -2.26. The van der Waals surface area contributed by atoms with Crippen LogP contribution in [0.5, 0.6) is 0 Å². The molecule has 3 N–H and O–H groups in total. The summed E-state index contributed by atoms with van der Waals surface area (Å²) in [6.07, 6.45) is 0.857. The van der Waals surface area contributed by atoms with Gasteiger partial charge in [-0.1, -0.05) is 54.6 Å². The van der Waals surface area contributed by atoms with Crippen molar-refractivity contribution in [2.45, 2.75) is 17.9 Å². The van der Waals surface area contributed by atoms with Crippen LogP contribution in [0.3, 0.4) is 0 Å². The van der Waals surface area contributed by atoms with E-state index in [1.165, 1.54) is 12.3 Å². The molecular weight excluding hydrogens is 368 g/mol. The molecule has 1 unspecified atom stereocenters. The van der Waals surface area contributed by atoms with Gasteiger partial charge in [0.05, 0.1) is 12.1 Å². The van der Waals surface area contributed by atoms with Crippen LogP contribution in [0.4, 0.5) is 0 Å². The molecule has 1 aliphatic rings. The van der Waals surface area contributed by atoms with Crippen molar-refractivity contribution >= 4 is 11.9 Å². The number of carboxylic acid groups (broad SMARTS) is 1. The summed E-state index contributed by atoms with van der Waals surface area (Å²) in [4.78, 5) is 28.4. The summed E-state index contributed by atoms with van der Waals surface area (Å²) in [7, 11) is 0. The molecule has 29 heavy (non-hydrogen) atoms. The predicted molar refractivity (Wildman–Crippen MR) is 107 cm³/mol. The lowest BCUT2D eigenvalue weighted by molar-refractivity contribution is -0.155. The van der Waals surface area contributed by atoms with Gasteiger partial charge in [0.25, 0.3) is 0 Å². The normalized spacial score (nSPS) is 14.5. The Morgan fingerprint density at radius 2 is 1.55 bits per heavy atom. The lowest BCUT2D eigenvalue weighted by Crippen LogP contribution is -2.48. The summed E-state index contributed by atoms with van der Waals surface area (Å²) in [5.74, 6) is -2.14. The number of nitrogens with zero attached hydrogens (tertiary/aromatic N) is 1. The number of rotatable bonds is 6. The van der Waals surface area contributed by atoms with E-state index in [-0.39, 0.29) is 18.2 Å². The first-order valence-corrected chi connectivity index (χ1v) is 9.28. The molecule has 2 aromatic carbocycles. The molecule has 0 fully saturated rings. The van der Waals surface area contributed by atoms with Crippen molar-refractivity contribution in [1.29, 1.82) is 0 Å². The number of fused-ring (bicyclic) bond motifs is 3. The number of carboxylic acids is 1. The second-order valence-electron chi connectivity index (χ2n) is 7.08. The van der Waals surface area contributed by atoms with Crippen LogP contribution in [0.2, 0.25) is 0 Å². The Bertz CT molecular complexity index is 1020. The van der Waals surface area contributed by atoms with Crippen LogP contribution in [0.1, 0.15) is 29.2 Å². The average Bonchev–Trinajstić information content (AvgIpc) is 3.06. The second-order valence-corrected chi connectivity index (χ2v) is 7.08. The number of esters is 1. The van der Waals surface area contributed by atoms with Crippen LogP contribution < -0.4 is 5.73 Å². The molecule has 0 saturated carbocycles. The van der Waals surface area contributed by atoms with Gasteiger partial charge in [-0.2, -0.15) is 0 Å². The highest BCUT2D eigenvalue weighted by atomic mass is 16.5. The van der Waals surface area contributed by atoms with Crippen molar-refractivity contribution in [3.8, 4) is 11.1 Å². The highest BCUT2D eigenvalue weighted by Crippen LogP contribution is 2.44. The maximum absolute atomic E-state index is 12.9. The summed E-state index contributed by atoms with van der Waals surface area (Å²) < 4.78 is 5.59. The molecule has 0 amide bonds. The predicted octanol–water partition coefficient (Wildman–Crippen LogP) is 3.07. The van der Waals surface area contributed by atoms with E-state index in [0.717, 1.165) is 22.3 Å². The van der Waals surface area contributed by atoms with Crippen molar-refractivity contribution in [3.05, 3.63) is 89.7 Å². The van der Waals surface area contributed by atoms with Gasteiger partial charge in [0.2, 0.25) is 0 Å². The average molecular weight is 388 g/mol. The number of hydrogen-bond acceptors (Lipinski definition) is 5. The van der Waals surface area contributed by atoms with E-state index in [4.69, 9.17) is 10.5 Å². The van der Waals surface area contributed by atoms with Crippen molar-refractivity contribution in [2.75, 3.05) is 6.61 Å². The molecule has 0 saturated heterocycles. The van der Waals surface area contributed by atoms with Gasteiger partial charge >= 0.3 is 11.9 Å². The minimum atomic E-state index is -1.86. The van der Waals surface area contributed by atoms with Crippen LogP contribution >= 0.6 is 0 Å². The minimum absolute atomic E-state index is 0.0677. The van der Waals surface area contributed by atoms with E-state index in [0.29, 0.717) is 0 Å². The summed E-state index contributed by atoms with van der Waals surface area (Å²) in [6, 6.07) is 20.8. The minimum Gasteiger partial charge on any atom is -0.481 e. The molecular formula is C23H20N2O4.